The van der Waals surface area contributed by atoms with Gasteiger partial charge in [0.15, 0.2) is 11.5 Å². The SMILES string of the molecule is COc1ccc(C2CCCN2CC2CCCCO2)cc1OC. The number of nitrogens with zero attached hydrogens (tertiary/aromatic N) is 1. The van der Waals surface area contributed by atoms with E-state index in [2.05, 4.69) is 17.0 Å². The summed E-state index contributed by atoms with van der Waals surface area (Å²) >= 11 is 0. The largest absolute Gasteiger partial charge is 0.493 e. The Morgan fingerprint density at radius 3 is 2.68 bits per heavy atom. The van der Waals surface area contributed by atoms with Crippen molar-refractivity contribution in [3.63, 3.8) is 0 Å². The third kappa shape index (κ3) is 3.39. The Labute approximate surface area is 133 Å². The Bertz CT molecular complexity index is 485. The van der Waals surface area contributed by atoms with Crippen LogP contribution < -0.4 is 9.47 Å². The second-order valence-corrected chi connectivity index (χ2v) is 6.26. The van der Waals surface area contributed by atoms with Crippen LogP contribution >= 0.6 is 0 Å². The lowest BCUT2D eigenvalue weighted by atomic mass is 10.0. The molecule has 4 nitrogen and oxygen atoms in total. The highest BCUT2D eigenvalue weighted by atomic mass is 16.5. The summed E-state index contributed by atoms with van der Waals surface area (Å²) < 4.78 is 16.7. The average Bonchev–Trinajstić information content (AvgIpc) is 3.03. The van der Waals surface area contributed by atoms with Crippen molar-refractivity contribution in [1.29, 1.82) is 0 Å². The van der Waals surface area contributed by atoms with E-state index in [0.29, 0.717) is 12.1 Å². The highest BCUT2D eigenvalue weighted by Gasteiger charge is 2.29. The van der Waals surface area contributed by atoms with Crippen molar-refractivity contribution in [2.45, 2.75) is 44.2 Å². The van der Waals surface area contributed by atoms with Gasteiger partial charge in [0.05, 0.1) is 20.3 Å². The van der Waals surface area contributed by atoms with Gasteiger partial charge in [-0.3, -0.25) is 4.90 Å². The molecular weight excluding hydrogens is 278 g/mol. The molecule has 2 saturated heterocycles. The van der Waals surface area contributed by atoms with E-state index in [0.717, 1.165) is 24.7 Å². The highest BCUT2D eigenvalue weighted by molar-refractivity contribution is 5.44. The van der Waals surface area contributed by atoms with E-state index in [4.69, 9.17) is 14.2 Å². The molecule has 3 rings (SSSR count). The number of likely N-dealkylation sites (tertiary alicyclic amines) is 1. The number of ether oxygens (including phenoxy) is 3. The van der Waals surface area contributed by atoms with Crippen LogP contribution in [-0.2, 0) is 4.74 Å². The molecule has 0 aromatic heterocycles. The maximum absolute atomic E-state index is 5.92. The fourth-order valence-electron chi connectivity index (χ4n) is 3.70. The molecule has 22 heavy (non-hydrogen) atoms. The topological polar surface area (TPSA) is 30.9 Å². The number of methoxy groups -OCH3 is 2. The Morgan fingerprint density at radius 2 is 1.95 bits per heavy atom. The van der Waals surface area contributed by atoms with Gasteiger partial charge in [0, 0.05) is 19.2 Å². The van der Waals surface area contributed by atoms with Gasteiger partial charge in [-0.25, -0.2) is 0 Å². The molecule has 0 amide bonds. The minimum atomic E-state index is 0.412. The van der Waals surface area contributed by atoms with Crippen LogP contribution in [0.4, 0.5) is 0 Å². The van der Waals surface area contributed by atoms with Crippen molar-refractivity contribution in [2.24, 2.45) is 0 Å². The zero-order valence-electron chi connectivity index (χ0n) is 13.7. The van der Waals surface area contributed by atoms with Crippen molar-refractivity contribution < 1.29 is 14.2 Å². The standard InChI is InChI=1S/C18H27NO3/c1-20-17-9-8-14(12-18(17)21-2)16-7-5-10-19(16)13-15-6-3-4-11-22-15/h8-9,12,15-16H,3-7,10-11,13H2,1-2H3. The Kier molecular flexibility index (Phi) is 5.21. The Morgan fingerprint density at radius 1 is 1.09 bits per heavy atom. The molecule has 0 saturated carbocycles. The molecule has 2 atom stereocenters. The van der Waals surface area contributed by atoms with Gasteiger partial charge in [-0.15, -0.1) is 0 Å². The third-order valence-electron chi connectivity index (χ3n) is 4.87. The zero-order valence-corrected chi connectivity index (χ0v) is 13.7. The summed E-state index contributed by atoms with van der Waals surface area (Å²) in [6, 6.07) is 6.79. The van der Waals surface area contributed by atoms with Crippen LogP contribution in [0.5, 0.6) is 11.5 Å². The molecule has 122 valence electrons. The van der Waals surface area contributed by atoms with Gasteiger partial charge in [0.2, 0.25) is 0 Å². The number of benzene rings is 1. The summed E-state index contributed by atoms with van der Waals surface area (Å²) in [6.45, 7) is 3.15. The second-order valence-electron chi connectivity index (χ2n) is 6.26. The monoisotopic (exact) mass is 305 g/mol. The van der Waals surface area contributed by atoms with Crippen LogP contribution in [0.1, 0.15) is 43.7 Å². The summed E-state index contributed by atoms with van der Waals surface area (Å²) in [5.41, 5.74) is 1.32. The van der Waals surface area contributed by atoms with E-state index < -0.39 is 0 Å². The molecule has 2 aliphatic rings. The molecule has 2 fully saturated rings. The number of hydrogen-bond donors (Lipinski definition) is 0. The van der Waals surface area contributed by atoms with Gasteiger partial charge in [-0.2, -0.15) is 0 Å². The first-order valence-electron chi connectivity index (χ1n) is 8.39. The first kappa shape index (κ1) is 15.6. The Balaban J connectivity index is 1.71. The summed E-state index contributed by atoms with van der Waals surface area (Å²) in [5, 5.41) is 0. The van der Waals surface area contributed by atoms with E-state index >= 15 is 0 Å². The fourth-order valence-corrected chi connectivity index (χ4v) is 3.70. The van der Waals surface area contributed by atoms with Gasteiger partial charge >= 0.3 is 0 Å². The molecule has 2 heterocycles. The molecule has 2 aliphatic heterocycles. The lowest BCUT2D eigenvalue weighted by Gasteiger charge is -2.31. The van der Waals surface area contributed by atoms with Crippen LogP contribution in [0.2, 0.25) is 0 Å². The summed E-state index contributed by atoms with van der Waals surface area (Å²) in [5.74, 6) is 1.62. The minimum absolute atomic E-state index is 0.412. The molecule has 0 aliphatic carbocycles. The molecule has 0 bridgehead atoms. The van der Waals surface area contributed by atoms with Crippen molar-refractivity contribution in [3.05, 3.63) is 23.8 Å². The summed E-state index contributed by atoms with van der Waals surface area (Å²) in [7, 11) is 3.38. The van der Waals surface area contributed by atoms with E-state index in [1.807, 2.05) is 6.07 Å². The van der Waals surface area contributed by atoms with Gasteiger partial charge in [0.25, 0.3) is 0 Å². The predicted octanol–water partition coefficient (Wildman–Crippen LogP) is 3.41. The number of rotatable bonds is 5. The molecule has 1 aromatic rings. The molecule has 0 N–H and O–H groups in total. The number of hydrogen-bond acceptors (Lipinski definition) is 4. The van der Waals surface area contributed by atoms with Gasteiger partial charge in [0.1, 0.15) is 0 Å². The maximum Gasteiger partial charge on any atom is 0.161 e. The van der Waals surface area contributed by atoms with Crippen LogP contribution in [-0.4, -0.2) is 44.9 Å². The lowest BCUT2D eigenvalue weighted by Crippen LogP contribution is -2.35. The van der Waals surface area contributed by atoms with E-state index in [1.165, 1.54) is 44.2 Å². The summed E-state index contributed by atoms with van der Waals surface area (Å²) in [4.78, 5) is 2.58. The normalized spacial score (nSPS) is 26.1. The van der Waals surface area contributed by atoms with Crippen molar-refractivity contribution in [2.75, 3.05) is 33.9 Å². The van der Waals surface area contributed by atoms with Crippen LogP contribution in [0.3, 0.4) is 0 Å². The van der Waals surface area contributed by atoms with E-state index in [-0.39, 0.29) is 0 Å². The first-order chi connectivity index (χ1) is 10.8. The highest BCUT2D eigenvalue weighted by Crippen LogP contribution is 2.37. The molecule has 2 unspecified atom stereocenters. The maximum atomic E-state index is 5.92. The smallest absolute Gasteiger partial charge is 0.161 e. The van der Waals surface area contributed by atoms with Crippen LogP contribution in [0.25, 0.3) is 0 Å². The first-order valence-corrected chi connectivity index (χ1v) is 8.39. The van der Waals surface area contributed by atoms with Crippen molar-refractivity contribution >= 4 is 0 Å². The molecule has 0 spiro atoms. The van der Waals surface area contributed by atoms with Crippen LogP contribution in [0.15, 0.2) is 18.2 Å². The zero-order chi connectivity index (χ0) is 15.4. The van der Waals surface area contributed by atoms with Gasteiger partial charge in [-0.1, -0.05) is 6.07 Å². The Hall–Kier alpha value is -1.26. The molecule has 4 heteroatoms. The second kappa shape index (κ2) is 7.34. The average molecular weight is 305 g/mol. The molecule has 1 aromatic carbocycles. The van der Waals surface area contributed by atoms with Gasteiger partial charge < -0.3 is 14.2 Å². The van der Waals surface area contributed by atoms with Crippen molar-refractivity contribution in [1.82, 2.24) is 4.90 Å². The van der Waals surface area contributed by atoms with Crippen molar-refractivity contribution in [3.8, 4) is 11.5 Å². The predicted molar refractivity (Wildman–Crippen MR) is 86.7 cm³/mol. The lowest BCUT2D eigenvalue weighted by molar-refractivity contribution is -0.00807. The van der Waals surface area contributed by atoms with E-state index in [9.17, 15) is 0 Å². The third-order valence-corrected chi connectivity index (χ3v) is 4.87. The minimum Gasteiger partial charge on any atom is -0.493 e. The fraction of sp³-hybridized carbons (Fsp3) is 0.667. The van der Waals surface area contributed by atoms with E-state index in [1.54, 1.807) is 14.2 Å². The van der Waals surface area contributed by atoms with Gasteiger partial charge in [-0.05, 0) is 56.3 Å². The molecule has 0 radical (unpaired) electrons. The summed E-state index contributed by atoms with van der Waals surface area (Å²) in [6.07, 6.45) is 6.60. The van der Waals surface area contributed by atoms with Crippen LogP contribution in [0, 0.1) is 0 Å². The quantitative estimate of drug-likeness (QED) is 0.834. The molecular formula is C18H27NO3.